The lowest BCUT2D eigenvalue weighted by molar-refractivity contribution is 0.102. The van der Waals surface area contributed by atoms with Gasteiger partial charge in [-0.3, -0.25) is 9.20 Å². The molecule has 0 fully saturated rings. The molecule has 0 atom stereocenters. The minimum absolute atomic E-state index is 0.308. The van der Waals surface area contributed by atoms with E-state index in [0.29, 0.717) is 29.1 Å². The molecule has 1 N–H and O–H groups in total. The van der Waals surface area contributed by atoms with Crippen molar-refractivity contribution in [2.24, 2.45) is 0 Å². The van der Waals surface area contributed by atoms with Crippen LogP contribution in [0.15, 0.2) is 47.1 Å². The highest BCUT2D eigenvalue weighted by Crippen LogP contribution is 2.18. The van der Waals surface area contributed by atoms with Gasteiger partial charge in [-0.25, -0.2) is 9.37 Å². The first-order valence-electron chi connectivity index (χ1n) is 6.82. The summed E-state index contributed by atoms with van der Waals surface area (Å²) in [4.78, 5) is 16.9. The average molecular weight is 362 g/mol. The molecule has 0 bridgehead atoms. The van der Waals surface area contributed by atoms with Crippen molar-refractivity contribution in [2.45, 2.75) is 13.3 Å². The number of amides is 1. The number of nitrogens with zero attached hydrogens (tertiary/aromatic N) is 2. The van der Waals surface area contributed by atoms with Crippen LogP contribution in [0, 0.1) is 5.82 Å². The van der Waals surface area contributed by atoms with E-state index in [1.807, 2.05) is 19.1 Å². The van der Waals surface area contributed by atoms with E-state index in [1.54, 1.807) is 18.2 Å². The number of imidazole rings is 1. The van der Waals surface area contributed by atoms with Crippen molar-refractivity contribution in [3.05, 3.63) is 64.3 Å². The second-order valence-electron chi connectivity index (χ2n) is 4.80. The van der Waals surface area contributed by atoms with Crippen LogP contribution in [0.4, 0.5) is 10.1 Å². The van der Waals surface area contributed by atoms with Crippen LogP contribution >= 0.6 is 15.9 Å². The zero-order chi connectivity index (χ0) is 15.7. The second-order valence-corrected chi connectivity index (χ2v) is 5.71. The lowest BCUT2D eigenvalue weighted by Crippen LogP contribution is -2.16. The highest BCUT2D eigenvalue weighted by atomic mass is 79.9. The number of benzene rings is 1. The number of pyridine rings is 1. The summed E-state index contributed by atoms with van der Waals surface area (Å²) in [7, 11) is 0. The van der Waals surface area contributed by atoms with Crippen LogP contribution in [0.2, 0.25) is 0 Å². The summed E-state index contributed by atoms with van der Waals surface area (Å²) in [6, 6.07) is 10.1. The molecule has 0 unspecified atom stereocenters. The number of hydrogen-bond donors (Lipinski definition) is 1. The number of carbonyl (C=O) groups is 1. The highest BCUT2D eigenvalue weighted by Gasteiger charge is 2.18. The maximum atomic E-state index is 13.5. The van der Waals surface area contributed by atoms with Gasteiger partial charge in [0, 0.05) is 16.4 Å². The van der Waals surface area contributed by atoms with Gasteiger partial charge in [0.15, 0.2) is 0 Å². The molecule has 0 saturated carbocycles. The molecule has 22 heavy (non-hydrogen) atoms. The summed E-state index contributed by atoms with van der Waals surface area (Å²) < 4.78 is 15.9. The molecule has 3 rings (SSSR count). The van der Waals surface area contributed by atoms with Crippen LogP contribution in [0.1, 0.15) is 23.1 Å². The van der Waals surface area contributed by atoms with Crippen LogP contribution in [0.5, 0.6) is 0 Å². The lowest BCUT2D eigenvalue weighted by Gasteiger charge is -2.07. The number of carbonyl (C=O) groups excluding carboxylic acids is 1. The van der Waals surface area contributed by atoms with Crippen LogP contribution in [-0.4, -0.2) is 15.3 Å². The summed E-state index contributed by atoms with van der Waals surface area (Å²) in [6.45, 7) is 1.91. The molecular weight excluding hydrogens is 349 g/mol. The van der Waals surface area contributed by atoms with Crippen molar-refractivity contribution in [2.75, 3.05) is 5.32 Å². The van der Waals surface area contributed by atoms with Gasteiger partial charge < -0.3 is 5.32 Å². The average Bonchev–Trinajstić information content (AvgIpc) is 2.87. The van der Waals surface area contributed by atoms with E-state index in [2.05, 4.69) is 26.2 Å². The number of halogens is 2. The normalized spacial score (nSPS) is 10.9. The fourth-order valence-corrected chi connectivity index (χ4v) is 2.54. The van der Waals surface area contributed by atoms with Gasteiger partial charge in [0.25, 0.3) is 5.91 Å². The zero-order valence-electron chi connectivity index (χ0n) is 11.8. The van der Waals surface area contributed by atoms with Gasteiger partial charge in [-0.2, -0.15) is 0 Å². The van der Waals surface area contributed by atoms with Gasteiger partial charge in [0.1, 0.15) is 17.2 Å². The molecule has 1 amide bonds. The Kier molecular flexibility index (Phi) is 3.94. The first kappa shape index (κ1) is 14.7. The minimum atomic E-state index is -0.412. The van der Waals surface area contributed by atoms with E-state index < -0.39 is 5.82 Å². The highest BCUT2D eigenvalue weighted by molar-refractivity contribution is 9.10. The molecule has 4 nitrogen and oxygen atoms in total. The molecule has 0 radical (unpaired) electrons. The monoisotopic (exact) mass is 361 g/mol. The molecule has 112 valence electrons. The lowest BCUT2D eigenvalue weighted by atomic mass is 10.2. The second kappa shape index (κ2) is 5.88. The molecule has 0 aliphatic heterocycles. The Morgan fingerprint density at radius 3 is 2.68 bits per heavy atom. The van der Waals surface area contributed by atoms with Crippen LogP contribution < -0.4 is 5.32 Å². The van der Waals surface area contributed by atoms with Gasteiger partial charge in [-0.1, -0.05) is 22.9 Å². The number of aryl methyl sites for hydroxylation is 1. The number of anilines is 1. The fraction of sp³-hybridized carbons (Fsp3) is 0.125. The van der Waals surface area contributed by atoms with E-state index in [0.717, 1.165) is 4.47 Å². The molecule has 0 saturated heterocycles. The molecule has 3 aromatic rings. The first-order chi connectivity index (χ1) is 10.6. The molecule has 2 heterocycles. The number of hydrogen-bond acceptors (Lipinski definition) is 2. The largest absolute Gasteiger partial charge is 0.321 e. The Balaban J connectivity index is 2.02. The number of fused-ring (bicyclic) bond motifs is 1. The van der Waals surface area contributed by atoms with Gasteiger partial charge >= 0.3 is 0 Å². The zero-order valence-corrected chi connectivity index (χ0v) is 13.4. The molecule has 1 aromatic carbocycles. The summed E-state index contributed by atoms with van der Waals surface area (Å²) in [5.41, 5.74) is 2.22. The summed E-state index contributed by atoms with van der Waals surface area (Å²) >= 11 is 3.35. The van der Waals surface area contributed by atoms with Crippen molar-refractivity contribution in [3.8, 4) is 0 Å². The van der Waals surface area contributed by atoms with Gasteiger partial charge in [0.2, 0.25) is 0 Å². The van der Waals surface area contributed by atoms with Crippen molar-refractivity contribution in [3.63, 3.8) is 0 Å². The van der Waals surface area contributed by atoms with Crippen molar-refractivity contribution in [1.29, 1.82) is 0 Å². The third kappa shape index (κ3) is 2.74. The SMILES string of the molecule is CCc1nc2ccc(F)cn2c1C(=O)Nc1ccc(Br)cc1. The van der Waals surface area contributed by atoms with E-state index in [4.69, 9.17) is 0 Å². The first-order valence-corrected chi connectivity index (χ1v) is 7.61. The van der Waals surface area contributed by atoms with E-state index in [9.17, 15) is 9.18 Å². The summed E-state index contributed by atoms with van der Waals surface area (Å²) in [5, 5.41) is 2.81. The van der Waals surface area contributed by atoms with Crippen LogP contribution in [0.25, 0.3) is 5.65 Å². The third-order valence-corrected chi connectivity index (χ3v) is 3.84. The predicted octanol–water partition coefficient (Wildman–Crippen LogP) is 4.05. The Labute approximate surface area is 135 Å². The molecule has 0 spiro atoms. The van der Waals surface area contributed by atoms with Gasteiger partial charge in [0.05, 0.1) is 5.69 Å². The van der Waals surface area contributed by atoms with Gasteiger partial charge in [-0.15, -0.1) is 0 Å². The molecule has 0 aliphatic carbocycles. The molecule has 2 aromatic heterocycles. The Morgan fingerprint density at radius 2 is 2.00 bits per heavy atom. The smallest absolute Gasteiger partial charge is 0.274 e. The Bertz CT molecular complexity index is 842. The van der Waals surface area contributed by atoms with Crippen molar-refractivity contribution >= 4 is 33.2 Å². The van der Waals surface area contributed by atoms with Crippen LogP contribution in [0.3, 0.4) is 0 Å². The molecular formula is C16H13BrFN3O. The Hall–Kier alpha value is -2.21. The van der Waals surface area contributed by atoms with Crippen molar-refractivity contribution in [1.82, 2.24) is 9.38 Å². The number of rotatable bonds is 3. The van der Waals surface area contributed by atoms with Crippen molar-refractivity contribution < 1.29 is 9.18 Å². The summed E-state index contributed by atoms with van der Waals surface area (Å²) in [6.07, 6.45) is 1.87. The van der Waals surface area contributed by atoms with E-state index in [1.165, 1.54) is 16.7 Å². The topological polar surface area (TPSA) is 46.4 Å². The van der Waals surface area contributed by atoms with E-state index >= 15 is 0 Å². The molecule has 0 aliphatic rings. The van der Waals surface area contributed by atoms with E-state index in [-0.39, 0.29) is 5.91 Å². The molecule has 6 heteroatoms. The Morgan fingerprint density at radius 1 is 1.27 bits per heavy atom. The third-order valence-electron chi connectivity index (χ3n) is 3.31. The van der Waals surface area contributed by atoms with Gasteiger partial charge in [-0.05, 0) is 42.8 Å². The quantitative estimate of drug-likeness (QED) is 0.764. The van der Waals surface area contributed by atoms with Crippen LogP contribution in [-0.2, 0) is 6.42 Å². The maximum Gasteiger partial charge on any atom is 0.274 e. The predicted molar refractivity (Wildman–Crippen MR) is 86.6 cm³/mol. The number of aromatic nitrogens is 2. The maximum absolute atomic E-state index is 13.5. The number of nitrogens with one attached hydrogen (secondary N) is 1. The summed E-state index contributed by atoms with van der Waals surface area (Å²) in [5.74, 6) is -0.720. The standard InChI is InChI=1S/C16H13BrFN3O/c1-2-13-15(21-9-11(18)5-8-14(21)20-13)16(22)19-12-6-3-10(17)4-7-12/h3-9H,2H2,1H3,(H,19,22). The minimum Gasteiger partial charge on any atom is -0.321 e. The fourth-order valence-electron chi connectivity index (χ4n) is 2.28.